The summed E-state index contributed by atoms with van der Waals surface area (Å²) in [5.74, 6) is -13.0. The van der Waals surface area contributed by atoms with Crippen LogP contribution in [0.5, 0.6) is 0 Å². The van der Waals surface area contributed by atoms with Gasteiger partial charge in [-0.1, -0.05) is 41.5 Å². The summed E-state index contributed by atoms with van der Waals surface area (Å²) in [5.41, 5.74) is 21.9. The lowest BCUT2D eigenvalue weighted by Crippen LogP contribution is -2.61. The first-order chi connectivity index (χ1) is 37.4. The van der Waals surface area contributed by atoms with Gasteiger partial charge < -0.3 is 91.4 Å². The molecule has 10 amide bonds. The van der Waals surface area contributed by atoms with Gasteiger partial charge >= 0.3 is 11.9 Å². The maximum atomic E-state index is 14.1. The highest BCUT2D eigenvalue weighted by Crippen LogP contribution is 2.13. The fourth-order valence-electron chi connectivity index (χ4n) is 8.20. The Balaban J connectivity index is 3.37. The Hall–Kier alpha value is -7.21. The fourth-order valence-corrected chi connectivity index (χ4v) is 8.20. The molecule has 0 bridgehead atoms. The number of hydrogen-bond donors (Lipinski definition) is 17. The van der Waals surface area contributed by atoms with E-state index < -0.39 is 162 Å². The molecule has 21 N–H and O–H groups in total. The second-order valence-electron chi connectivity index (χ2n) is 21.0. The van der Waals surface area contributed by atoms with Crippen molar-refractivity contribution < 1.29 is 72.9 Å². The predicted octanol–water partition coefficient (Wildman–Crippen LogP) is -4.74. The largest absolute Gasteiger partial charge is 0.481 e. The summed E-state index contributed by atoms with van der Waals surface area (Å²) >= 11 is 0. The molecule has 0 unspecified atom stereocenters. The number of nitrogens with zero attached hydrogens (tertiary/aromatic N) is 1. The van der Waals surface area contributed by atoms with Crippen molar-refractivity contribution in [1.82, 2.24) is 53.2 Å². The molecule has 80 heavy (non-hydrogen) atoms. The Morgan fingerprint density at radius 2 is 1.00 bits per heavy atom. The minimum atomic E-state index is -1.57. The molecule has 0 aromatic carbocycles. The monoisotopic (exact) mass is 1140 g/mol. The van der Waals surface area contributed by atoms with Crippen LogP contribution in [0.1, 0.15) is 132 Å². The van der Waals surface area contributed by atoms with Crippen molar-refractivity contribution in [3.63, 3.8) is 0 Å². The number of nitrogens with one attached hydrogen (secondary N) is 10. The van der Waals surface area contributed by atoms with E-state index in [4.69, 9.17) is 22.9 Å². The molecule has 1 aliphatic rings. The molecule has 11 atom stereocenters. The number of unbranched alkanes of at least 4 members (excludes halogenated alkanes) is 1. The zero-order chi connectivity index (χ0) is 61.0. The summed E-state index contributed by atoms with van der Waals surface area (Å²) in [6.45, 7) is 13.2. The van der Waals surface area contributed by atoms with Crippen molar-refractivity contribution in [3.8, 4) is 0 Å². The number of carboxylic acid groups (broad SMARTS) is 2. The summed E-state index contributed by atoms with van der Waals surface area (Å²) in [4.78, 5) is 162. The van der Waals surface area contributed by atoms with Gasteiger partial charge in [-0.2, -0.15) is 0 Å². The molecule has 0 spiro atoms. The third-order valence-corrected chi connectivity index (χ3v) is 12.8. The van der Waals surface area contributed by atoms with E-state index >= 15 is 0 Å². The van der Waals surface area contributed by atoms with E-state index in [-0.39, 0.29) is 63.5 Å². The zero-order valence-corrected chi connectivity index (χ0v) is 47.2. The Labute approximate surface area is 466 Å². The number of rotatable bonds is 38. The molecular formula is C50H89N15O15. The first-order valence-electron chi connectivity index (χ1n) is 27.0. The second kappa shape index (κ2) is 36.1. The molecule has 454 valence electrons. The van der Waals surface area contributed by atoms with Gasteiger partial charge in [0.25, 0.3) is 0 Å². The summed E-state index contributed by atoms with van der Waals surface area (Å²) in [5, 5.41) is 55.1. The van der Waals surface area contributed by atoms with Crippen molar-refractivity contribution >= 4 is 77.0 Å². The smallest absolute Gasteiger partial charge is 0.326 e. The summed E-state index contributed by atoms with van der Waals surface area (Å²) < 4.78 is 0. The van der Waals surface area contributed by atoms with Crippen molar-refractivity contribution in [2.75, 3.05) is 19.6 Å². The van der Waals surface area contributed by atoms with Crippen molar-refractivity contribution in [3.05, 3.63) is 0 Å². The van der Waals surface area contributed by atoms with Gasteiger partial charge in [0.05, 0.1) is 12.1 Å². The zero-order valence-electron chi connectivity index (χ0n) is 47.2. The fraction of sp³-hybridized carbons (Fsp3) is 0.740. The van der Waals surface area contributed by atoms with Crippen LogP contribution in [-0.2, 0) is 57.5 Å². The van der Waals surface area contributed by atoms with Gasteiger partial charge in [-0.05, 0) is 109 Å². The number of aliphatic hydroxyl groups excluding tert-OH is 1. The number of amides is 10. The molecule has 30 nitrogen and oxygen atoms in total. The maximum absolute atomic E-state index is 14.1. The number of primary amides is 1. The summed E-state index contributed by atoms with van der Waals surface area (Å²) in [6.07, 6.45) is -1.13. The highest BCUT2D eigenvalue weighted by Gasteiger charge is 2.37. The first-order valence-corrected chi connectivity index (χ1v) is 27.0. The lowest BCUT2D eigenvalue weighted by atomic mass is 9.99. The molecule has 0 aliphatic carbocycles. The van der Waals surface area contributed by atoms with Gasteiger partial charge in [-0.3, -0.25) is 57.7 Å². The number of carbonyl (C=O) groups excluding carboxylic acids is 10. The Bertz CT molecular complexity index is 2150. The van der Waals surface area contributed by atoms with E-state index in [9.17, 15) is 72.9 Å². The Morgan fingerprint density at radius 1 is 0.537 bits per heavy atom. The minimum absolute atomic E-state index is 0.00740. The van der Waals surface area contributed by atoms with Crippen LogP contribution >= 0.6 is 0 Å². The molecule has 0 aromatic heterocycles. The van der Waals surface area contributed by atoms with Crippen LogP contribution in [0, 0.1) is 17.8 Å². The highest BCUT2D eigenvalue weighted by atomic mass is 16.4. The van der Waals surface area contributed by atoms with Gasteiger partial charge in [0.1, 0.15) is 54.4 Å². The van der Waals surface area contributed by atoms with Crippen LogP contribution in [0.25, 0.3) is 0 Å². The molecule has 1 fully saturated rings. The van der Waals surface area contributed by atoms with Gasteiger partial charge in [0.15, 0.2) is 5.96 Å². The van der Waals surface area contributed by atoms with Crippen LogP contribution in [0.4, 0.5) is 0 Å². The SMILES string of the molecule is CC(C)C[C@H](NC(=O)[C@H](CCCN=C(N)N)NC(=O)[C@@H](NC(=O)[C@H](CCCCN)NC(=O)[C@H](C)NC(=O)[C@@H](NC(=O)[C@H](CCC(=O)O)NC(=O)[C@@H](NC(=O)[C@@H]1CCCN1)[C@@H](C)O)C(C)C)C(C)C)C(=O)N[C@@H](CCC(N)=O)C(=O)O. The lowest BCUT2D eigenvalue weighted by molar-refractivity contribution is -0.143. The quantitative estimate of drug-likeness (QED) is 0.0157. The summed E-state index contributed by atoms with van der Waals surface area (Å²) in [7, 11) is 0. The second-order valence-corrected chi connectivity index (χ2v) is 21.0. The number of aliphatic hydroxyl groups is 1. The standard InChI is InChI=1S/C50H89N15O15/c1-24(2)23-34(45(75)61-33(49(79)80)16-18-35(52)67)62-42(72)31(15-12-22-56-50(53)54)59-47(77)38(26(5)6)64-43(73)30(13-9-10-20-51)58-40(70)27(7)57-46(76)37(25(3)4)63-44(74)32(17-19-36(68)69)60-48(78)39(28(8)66)65-41(71)29-14-11-21-55-29/h24-34,37-39,55,66H,9-23,51H2,1-8H3,(H2,52,67)(H,57,76)(H,58,70)(H,59,77)(H,60,78)(H,61,75)(H,62,72)(H,63,74)(H,64,73)(H,65,71)(H,68,69)(H,79,80)(H4,53,54,56)/t27-,28+,29-,30-,31-,32-,33-,34-,37-,38-,39-/m0/s1. The van der Waals surface area contributed by atoms with Crippen LogP contribution in [-0.4, -0.2) is 178 Å². The van der Waals surface area contributed by atoms with E-state index in [0.717, 1.165) is 0 Å². The normalized spacial score (nSPS) is 16.8. The number of aliphatic carboxylic acids is 2. The molecule has 0 aromatic rings. The molecular weight excluding hydrogens is 1050 g/mol. The molecule has 1 aliphatic heterocycles. The van der Waals surface area contributed by atoms with Gasteiger partial charge in [0.2, 0.25) is 59.1 Å². The Kier molecular flexibility index (Phi) is 32.0. The van der Waals surface area contributed by atoms with Crippen LogP contribution < -0.4 is 76.1 Å². The third kappa shape index (κ3) is 26.6. The van der Waals surface area contributed by atoms with Crippen LogP contribution in [0.15, 0.2) is 4.99 Å². The number of guanidine groups is 1. The molecule has 1 saturated heterocycles. The van der Waals surface area contributed by atoms with E-state index in [1.807, 2.05) is 0 Å². The summed E-state index contributed by atoms with van der Waals surface area (Å²) in [6, 6.07) is -13.3. The lowest BCUT2D eigenvalue weighted by Gasteiger charge is -2.29. The molecule has 1 heterocycles. The number of nitrogens with two attached hydrogens (primary N) is 4. The van der Waals surface area contributed by atoms with Crippen molar-refractivity contribution in [2.45, 2.75) is 199 Å². The highest BCUT2D eigenvalue weighted by molar-refractivity contribution is 5.99. The molecule has 30 heteroatoms. The van der Waals surface area contributed by atoms with Gasteiger partial charge in [0, 0.05) is 19.4 Å². The van der Waals surface area contributed by atoms with E-state index in [0.29, 0.717) is 32.2 Å². The molecule has 1 rings (SSSR count). The predicted molar refractivity (Wildman–Crippen MR) is 291 cm³/mol. The van der Waals surface area contributed by atoms with Crippen LogP contribution in [0.2, 0.25) is 0 Å². The van der Waals surface area contributed by atoms with E-state index in [1.54, 1.807) is 41.5 Å². The van der Waals surface area contributed by atoms with Crippen molar-refractivity contribution in [1.29, 1.82) is 0 Å². The van der Waals surface area contributed by atoms with Crippen LogP contribution in [0.3, 0.4) is 0 Å². The van der Waals surface area contributed by atoms with Gasteiger partial charge in [-0.25, -0.2) is 4.79 Å². The maximum Gasteiger partial charge on any atom is 0.326 e. The number of carbonyl (C=O) groups is 12. The van der Waals surface area contributed by atoms with Crippen molar-refractivity contribution in [2.24, 2.45) is 45.7 Å². The molecule has 0 saturated carbocycles. The topological polar surface area (TPSA) is 502 Å². The number of aliphatic imine (C=N–C) groups is 1. The Morgan fingerprint density at radius 3 is 1.46 bits per heavy atom. The third-order valence-electron chi connectivity index (χ3n) is 12.8. The van der Waals surface area contributed by atoms with Gasteiger partial charge in [-0.15, -0.1) is 0 Å². The minimum Gasteiger partial charge on any atom is -0.481 e. The molecule has 0 radical (unpaired) electrons. The number of hydrogen-bond acceptors (Lipinski definition) is 16. The van der Waals surface area contributed by atoms with E-state index in [2.05, 4.69) is 58.2 Å². The van der Waals surface area contributed by atoms with E-state index in [1.165, 1.54) is 13.8 Å². The number of carboxylic acids is 2. The average molecular weight is 1140 g/mol. The first kappa shape index (κ1) is 70.8. The average Bonchev–Trinajstić information content (AvgIpc) is 3.91.